The van der Waals surface area contributed by atoms with E-state index in [4.69, 9.17) is 9.47 Å². The molecule has 7 heteroatoms. The van der Waals surface area contributed by atoms with Crippen LogP contribution in [0, 0.1) is 5.92 Å². The van der Waals surface area contributed by atoms with Crippen LogP contribution in [0.5, 0.6) is 11.6 Å². The maximum Gasteiger partial charge on any atom is 0.218 e. The second kappa shape index (κ2) is 9.43. The molecule has 2 aromatic heterocycles. The zero-order chi connectivity index (χ0) is 22.5. The molecule has 0 fully saturated rings. The van der Waals surface area contributed by atoms with Gasteiger partial charge < -0.3 is 9.47 Å². The number of pyridine rings is 1. The summed E-state index contributed by atoms with van der Waals surface area (Å²) in [4.78, 5) is 21.3. The number of carbonyl (C=O) groups is 1. The molecular formula is C25H24N4O3. The Bertz CT molecular complexity index is 1180. The van der Waals surface area contributed by atoms with E-state index in [1.54, 1.807) is 24.1 Å². The van der Waals surface area contributed by atoms with E-state index in [1.807, 2.05) is 74.5 Å². The molecule has 0 aliphatic carbocycles. The summed E-state index contributed by atoms with van der Waals surface area (Å²) < 4.78 is 12.6. The van der Waals surface area contributed by atoms with Crippen LogP contribution < -0.4 is 9.47 Å². The van der Waals surface area contributed by atoms with Gasteiger partial charge in [0.15, 0.2) is 5.82 Å². The maximum absolute atomic E-state index is 12.6. The molecule has 0 spiro atoms. The van der Waals surface area contributed by atoms with E-state index >= 15 is 0 Å². The minimum atomic E-state index is -0.207. The number of ketones is 1. The molecule has 0 unspecified atom stereocenters. The fourth-order valence-electron chi connectivity index (χ4n) is 3.10. The Kier molecular flexibility index (Phi) is 6.26. The predicted octanol–water partition coefficient (Wildman–Crippen LogP) is 4.76. The largest absolute Gasteiger partial charge is 0.489 e. The zero-order valence-electron chi connectivity index (χ0n) is 18.2. The standard InChI is InChI=1S/C25H24N4O3/c1-17(2)23(30)24-27-25(29(28-24)20-11-14-22(31-3)26-15-20)19-9-12-21(13-10-19)32-16-18-7-5-4-6-8-18/h4-15,17H,16H2,1-3H3. The van der Waals surface area contributed by atoms with Gasteiger partial charge in [0, 0.05) is 17.5 Å². The van der Waals surface area contributed by atoms with Gasteiger partial charge in [0.25, 0.3) is 0 Å². The molecule has 32 heavy (non-hydrogen) atoms. The van der Waals surface area contributed by atoms with E-state index in [-0.39, 0.29) is 17.5 Å². The van der Waals surface area contributed by atoms with Crippen molar-refractivity contribution in [3.05, 3.63) is 84.3 Å². The lowest BCUT2D eigenvalue weighted by Gasteiger charge is -2.09. The van der Waals surface area contributed by atoms with Crippen molar-refractivity contribution in [1.29, 1.82) is 0 Å². The molecule has 0 radical (unpaired) electrons. The molecule has 0 N–H and O–H groups in total. The van der Waals surface area contributed by atoms with Crippen molar-refractivity contribution in [3.63, 3.8) is 0 Å². The van der Waals surface area contributed by atoms with Gasteiger partial charge >= 0.3 is 0 Å². The van der Waals surface area contributed by atoms with Crippen LogP contribution in [0.4, 0.5) is 0 Å². The highest BCUT2D eigenvalue weighted by Gasteiger charge is 2.21. The van der Waals surface area contributed by atoms with Crippen molar-refractivity contribution in [2.24, 2.45) is 5.92 Å². The third kappa shape index (κ3) is 4.67. The van der Waals surface area contributed by atoms with E-state index in [1.165, 1.54) is 0 Å². The van der Waals surface area contributed by atoms with Gasteiger partial charge in [-0.05, 0) is 35.9 Å². The number of hydrogen-bond donors (Lipinski definition) is 0. The number of nitrogens with zero attached hydrogens (tertiary/aromatic N) is 4. The molecule has 4 aromatic rings. The van der Waals surface area contributed by atoms with E-state index in [0.29, 0.717) is 24.0 Å². The average Bonchev–Trinajstić information content (AvgIpc) is 3.28. The van der Waals surface area contributed by atoms with E-state index < -0.39 is 0 Å². The van der Waals surface area contributed by atoms with Gasteiger partial charge in [0.1, 0.15) is 12.4 Å². The minimum Gasteiger partial charge on any atom is -0.489 e. The number of aromatic nitrogens is 4. The van der Waals surface area contributed by atoms with Crippen LogP contribution in [0.1, 0.15) is 30.0 Å². The first-order chi connectivity index (χ1) is 15.5. The highest BCUT2D eigenvalue weighted by Crippen LogP contribution is 2.25. The first-order valence-electron chi connectivity index (χ1n) is 10.3. The Hall–Kier alpha value is -4.00. The molecule has 0 bridgehead atoms. The molecule has 0 saturated heterocycles. The molecule has 0 aliphatic rings. The highest BCUT2D eigenvalue weighted by atomic mass is 16.5. The third-order valence-corrected chi connectivity index (χ3v) is 4.89. The lowest BCUT2D eigenvalue weighted by atomic mass is 10.1. The number of Topliss-reactive ketones (excluding diaryl/α,β-unsaturated/α-hetero) is 1. The van der Waals surface area contributed by atoms with Gasteiger partial charge in [-0.3, -0.25) is 4.79 Å². The summed E-state index contributed by atoms with van der Waals surface area (Å²) in [5.41, 5.74) is 2.59. The highest BCUT2D eigenvalue weighted by molar-refractivity contribution is 5.94. The van der Waals surface area contributed by atoms with E-state index in [0.717, 1.165) is 16.9 Å². The van der Waals surface area contributed by atoms with Crippen LogP contribution in [0.25, 0.3) is 17.1 Å². The molecule has 0 aliphatic heterocycles. The molecule has 0 atom stereocenters. The monoisotopic (exact) mass is 428 g/mol. The normalized spacial score (nSPS) is 10.9. The summed E-state index contributed by atoms with van der Waals surface area (Å²) >= 11 is 0. The quantitative estimate of drug-likeness (QED) is 0.377. The van der Waals surface area contributed by atoms with Crippen LogP contribution in [-0.4, -0.2) is 32.6 Å². The Morgan fingerprint density at radius 1 is 1.00 bits per heavy atom. The summed E-state index contributed by atoms with van der Waals surface area (Å²) in [7, 11) is 1.56. The van der Waals surface area contributed by atoms with Gasteiger partial charge in [-0.2, -0.15) is 0 Å². The number of benzene rings is 2. The average molecular weight is 428 g/mol. The van der Waals surface area contributed by atoms with Crippen molar-refractivity contribution in [3.8, 4) is 28.7 Å². The second-order valence-electron chi connectivity index (χ2n) is 7.55. The Balaban J connectivity index is 1.64. The summed E-state index contributed by atoms with van der Waals surface area (Å²) in [5.74, 6) is 1.64. The minimum absolute atomic E-state index is 0.116. The molecule has 7 nitrogen and oxygen atoms in total. The van der Waals surface area contributed by atoms with Gasteiger partial charge in [0.05, 0.1) is 19.0 Å². The number of hydrogen-bond acceptors (Lipinski definition) is 6. The first kappa shape index (κ1) is 21.2. The number of rotatable bonds is 8. The SMILES string of the molecule is COc1ccc(-n2nc(C(=O)C(C)C)nc2-c2ccc(OCc3ccccc3)cc2)cn1. The smallest absolute Gasteiger partial charge is 0.218 e. The van der Waals surface area contributed by atoms with Crippen molar-refractivity contribution < 1.29 is 14.3 Å². The predicted molar refractivity (Wildman–Crippen MR) is 121 cm³/mol. The van der Waals surface area contributed by atoms with Crippen LogP contribution >= 0.6 is 0 Å². The van der Waals surface area contributed by atoms with Gasteiger partial charge in [-0.1, -0.05) is 44.2 Å². The zero-order valence-corrected chi connectivity index (χ0v) is 18.2. The van der Waals surface area contributed by atoms with Crippen molar-refractivity contribution in [1.82, 2.24) is 19.7 Å². The van der Waals surface area contributed by atoms with Crippen LogP contribution in [0.15, 0.2) is 72.9 Å². The van der Waals surface area contributed by atoms with Gasteiger partial charge in [-0.15, -0.1) is 5.10 Å². The Morgan fingerprint density at radius 2 is 1.75 bits per heavy atom. The summed E-state index contributed by atoms with van der Waals surface area (Å²) in [6.45, 7) is 4.15. The van der Waals surface area contributed by atoms with Crippen LogP contribution in [-0.2, 0) is 6.61 Å². The number of carbonyl (C=O) groups excluding carboxylic acids is 1. The fourth-order valence-corrected chi connectivity index (χ4v) is 3.10. The second-order valence-corrected chi connectivity index (χ2v) is 7.55. The van der Waals surface area contributed by atoms with Crippen molar-refractivity contribution in [2.45, 2.75) is 20.5 Å². The topological polar surface area (TPSA) is 79.1 Å². The summed E-state index contributed by atoms with van der Waals surface area (Å²) in [6, 6.07) is 21.1. The summed E-state index contributed by atoms with van der Waals surface area (Å²) in [5, 5.41) is 4.48. The Labute approximate surface area is 186 Å². The van der Waals surface area contributed by atoms with Gasteiger partial charge in [0.2, 0.25) is 17.5 Å². The maximum atomic E-state index is 12.6. The Morgan fingerprint density at radius 3 is 2.38 bits per heavy atom. The first-order valence-corrected chi connectivity index (χ1v) is 10.3. The molecule has 4 rings (SSSR count). The lowest BCUT2D eigenvalue weighted by molar-refractivity contribution is 0.0929. The lowest BCUT2D eigenvalue weighted by Crippen LogP contribution is -2.10. The van der Waals surface area contributed by atoms with Crippen molar-refractivity contribution in [2.75, 3.05) is 7.11 Å². The fraction of sp³-hybridized carbons (Fsp3) is 0.200. The van der Waals surface area contributed by atoms with Gasteiger partial charge in [-0.25, -0.2) is 14.6 Å². The third-order valence-electron chi connectivity index (χ3n) is 4.89. The summed E-state index contributed by atoms with van der Waals surface area (Å²) in [6.07, 6.45) is 1.64. The van der Waals surface area contributed by atoms with E-state index in [2.05, 4.69) is 15.1 Å². The van der Waals surface area contributed by atoms with E-state index in [9.17, 15) is 4.79 Å². The van der Waals surface area contributed by atoms with Crippen LogP contribution in [0.2, 0.25) is 0 Å². The molecule has 2 aromatic carbocycles. The van der Waals surface area contributed by atoms with Crippen LogP contribution in [0.3, 0.4) is 0 Å². The molecule has 0 amide bonds. The number of ether oxygens (including phenoxy) is 2. The number of methoxy groups -OCH3 is 1. The molecule has 0 saturated carbocycles. The molecule has 162 valence electrons. The molecular weight excluding hydrogens is 404 g/mol. The molecule has 2 heterocycles. The van der Waals surface area contributed by atoms with Crippen molar-refractivity contribution >= 4 is 5.78 Å².